The number of hydrogen-bond donors (Lipinski definition) is 2. The second-order valence-corrected chi connectivity index (χ2v) is 9.94. The maximum absolute atomic E-state index is 14.7. The largest absolute Gasteiger partial charge is 0.349 e. The van der Waals surface area contributed by atoms with Crippen LogP contribution in [0.25, 0.3) is 11.4 Å². The molecule has 2 amide bonds. The molecule has 2 heterocycles. The van der Waals surface area contributed by atoms with E-state index in [9.17, 15) is 22.8 Å². The predicted octanol–water partition coefficient (Wildman–Crippen LogP) is 3.70. The number of aromatic nitrogens is 2. The molecule has 1 aliphatic heterocycles. The third-order valence-corrected chi connectivity index (χ3v) is 5.87. The van der Waals surface area contributed by atoms with Crippen molar-refractivity contribution in [1.29, 1.82) is 0 Å². The number of nitrogens with one attached hydrogen (secondary N) is 2. The number of carbonyl (C=O) groups is 2. The fourth-order valence-electron chi connectivity index (χ4n) is 3.93. The molecular weight excluding hydrogens is 471 g/mol. The average molecular weight is 500 g/mol. The van der Waals surface area contributed by atoms with Crippen LogP contribution in [-0.4, -0.2) is 58.9 Å². The molecule has 1 aromatic heterocycles. The number of benzene rings is 1. The summed E-state index contributed by atoms with van der Waals surface area (Å²) in [5.41, 5.74) is 0.0306. The number of imidazole rings is 1. The zero-order chi connectivity index (χ0) is 25.2. The topological polar surface area (TPSA) is 79.3 Å². The first-order chi connectivity index (χ1) is 15.9. The van der Waals surface area contributed by atoms with Crippen molar-refractivity contribution in [2.75, 3.05) is 20.1 Å². The second-order valence-electron chi connectivity index (χ2n) is 9.51. The van der Waals surface area contributed by atoms with E-state index in [2.05, 4.69) is 15.6 Å². The smallest absolute Gasteiger partial charge is 0.272 e. The SMILES string of the molecule is CN1CCCn2c(-c3cc(Cl)ccc3F)nc(C(=O)NC(C(=O)NCC(F)F)C(C)(C)C)c2C1. The molecule has 0 saturated carbocycles. The first kappa shape index (κ1) is 26.0. The summed E-state index contributed by atoms with van der Waals surface area (Å²) in [4.78, 5) is 32.5. The van der Waals surface area contributed by atoms with E-state index < -0.39 is 42.1 Å². The van der Waals surface area contributed by atoms with E-state index in [0.29, 0.717) is 23.8 Å². The summed E-state index contributed by atoms with van der Waals surface area (Å²) >= 11 is 6.09. The summed E-state index contributed by atoms with van der Waals surface area (Å²) < 4.78 is 41.7. The number of halogens is 4. The molecule has 0 radical (unpaired) electrons. The third-order valence-electron chi connectivity index (χ3n) is 5.63. The van der Waals surface area contributed by atoms with Gasteiger partial charge in [0.2, 0.25) is 5.91 Å². The Morgan fingerprint density at radius 3 is 2.59 bits per heavy atom. The Bertz CT molecular complexity index is 1070. The summed E-state index contributed by atoms with van der Waals surface area (Å²) in [6.07, 6.45) is -1.95. The van der Waals surface area contributed by atoms with E-state index in [0.717, 1.165) is 13.0 Å². The van der Waals surface area contributed by atoms with Crippen molar-refractivity contribution in [3.05, 3.63) is 40.4 Å². The molecule has 1 aromatic carbocycles. The maximum atomic E-state index is 14.7. The van der Waals surface area contributed by atoms with Gasteiger partial charge in [-0.05, 0) is 43.6 Å². The van der Waals surface area contributed by atoms with Gasteiger partial charge < -0.3 is 20.1 Å². The predicted molar refractivity (Wildman–Crippen MR) is 123 cm³/mol. The van der Waals surface area contributed by atoms with Gasteiger partial charge >= 0.3 is 0 Å². The maximum Gasteiger partial charge on any atom is 0.272 e. The zero-order valence-electron chi connectivity index (χ0n) is 19.6. The van der Waals surface area contributed by atoms with E-state index in [1.807, 2.05) is 11.9 Å². The van der Waals surface area contributed by atoms with Crippen molar-refractivity contribution >= 4 is 23.4 Å². The van der Waals surface area contributed by atoms with Crippen molar-refractivity contribution in [3.8, 4) is 11.4 Å². The molecule has 34 heavy (non-hydrogen) atoms. The molecule has 0 saturated heterocycles. The molecule has 1 atom stereocenters. The highest BCUT2D eigenvalue weighted by Gasteiger charge is 2.35. The number of hydrogen-bond acceptors (Lipinski definition) is 4. The molecule has 1 unspecified atom stereocenters. The lowest BCUT2D eigenvalue weighted by atomic mass is 9.86. The number of amides is 2. The van der Waals surface area contributed by atoms with E-state index in [1.165, 1.54) is 18.2 Å². The molecule has 1 aliphatic rings. The normalized spacial score (nSPS) is 15.6. The van der Waals surface area contributed by atoms with Gasteiger partial charge in [0.1, 0.15) is 17.7 Å². The van der Waals surface area contributed by atoms with Crippen molar-refractivity contribution in [3.63, 3.8) is 0 Å². The van der Waals surface area contributed by atoms with E-state index >= 15 is 0 Å². The molecule has 11 heteroatoms. The van der Waals surface area contributed by atoms with Crippen LogP contribution in [0.15, 0.2) is 18.2 Å². The molecule has 2 N–H and O–H groups in total. The van der Waals surface area contributed by atoms with Gasteiger partial charge in [0.25, 0.3) is 12.3 Å². The van der Waals surface area contributed by atoms with E-state index in [1.54, 1.807) is 25.3 Å². The van der Waals surface area contributed by atoms with Crippen LogP contribution < -0.4 is 10.6 Å². The molecule has 0 bridgehead atoms. The molecule has 7 nitrogen and oxygen atoms in total. The lowest BCUT2D eigenvalue weighted by Crippen LogP contribution is -2.54. The van der Waals surface area contributed by atoms with Crippen LogP contribution in [0.2, 0.25) is 5.02 Å². The van der Waals surface area contributed by atoms with Gasteiger partial charge in [0.05, 0.1) is 17.8 Å². The molecule has 0 spiro atoms. The highest BCUT2D eigenvalue weighted by atomic mass is 35.5. The van der Waals surface area contributed by atoms with Gasteiger partial charge in [-0.15, -0.1) is 0 Å². The van der Waals surface area contributed by atoms with Crippen LogP contribution in [0.4, 0.5) is 13.2 Å². The Morgan fingerprint density at radius 1 is 1.24 bits per heavy atom. The Kier molecular flexibility index (Phi) is 7.92. The van der Waals surface area contributed by atoms with Gasteiger partial charge in [-0.2, -0.15) is 0 Å². The number of alkyl halides is 2. The first-order valence-corrected chi connectivity index (χ1v) is 11.4. The zero-order valence-corrected chi connectivity index (χ0v) is 20.3. The van der Waals surface area contributed by atoms with Crippen molar-refractivity contribution in [2.45, 2.75) is 52.7 Å². The molecule has 0 aliphatic carbocycles. The van der Waals surface area contributed by atoms with Gasteiger partial charge in [-0.1, -0.05) is 32.4 Å². The fraction of sp³-hybridized carbons (Fsp3) is 0.522. The number of carbonyl (C=O) groups excluding carboxylic acids is 2. The van der Waals surface area contributed by atoms with Gasteiger partial charge in [0.15, 0.2) is 5.69 Å². The monoisotopic (exact) mass is 499 g/mol. The Labute approximate surface area is 201 Å². The minimum atomic E-state index is -2.71. The second kappa shape index (κ2) is 10.4. The summed E-state index contributed by atoms with van der Waals surface area (Å²) in [5, 5.41) is 5.16. The van der Waals surface area contributed by atoms with Crippen LogP contribution in [0.5, 0.6) is 0 Å². The molecule has 3 rings (SSSR count). The summed E-state index contributed by atoms with van der Waals surface area (Å²) in [7, 11) is 1.90. The summed E-state index contributed by atoms with van der Waals surface area (Å²) in [6.45, 7) is 6.00. The van der Waals surface area contributed by atoms with Crippen LogP contribution in [0.3, 0.4) is 0 Å². The number of rotatable bonds is 6. The standard InChI is InChI=1S/C23H29ClF3N5O2/c1-23(2,3)19(22(34)28-11-17(26)27)30-21(33)18-16-12-31(4)8-5-9-32(16)20(29-18)14-10-13(24)6-7-15(14)25/h6-7,10,17,19H,5,8-9,11-12H2,1-4H3,(H,28,34)(H,30,33). The number of nitrogens with zero attached hydrogens (tertiary/aromatic N) is 3. The molecule has 2 aromatic rings. The van der Waals surface area contributed by atoms with Crippen molar-refractivity contribution < 1.29 is 22.8 Å². The van der Waals surface area contributed by atoms with Crippen molar-refractivity contribution in [1.82, 2.24) is 25.1 Å². The minimum absolute atomic E-state index is 0.0547. The van der Waals surface area contributed by atoms with E-state index in [-0.39, 0.29) is 17.1 Å². The van der Waals surface area contributed by atoms with Gasteiger partial charge in [0, 0.05) is 18.1 Å². The summed E-state index contributed by atoms with van der Waals surface area (Å²) in [6, 6.07) is 3.04. The molecule has 0 fully saturated rings. The Balaban J connectivity index is 2.02. The van der Waals surface area contributed by atoms with Crippen LogP contribution in [-0.2, 0) is 17.9 Å². The number of fused-ring (bicyclic) bond motifs is 1. The Hall–Kier alpha value is -2.59. The average Bonchev–Trinajstić information content (AvgIpc) is 2.97. The van der Waals surface area contributed by atoms with Crippen LogP contribution in [0, 0.1) is 11.2 Å². The summed E-state index contributed by atoms with van der Waals surface area (Å²) in [5.74, 6) is -1.62. The first-order valence-electron chi connectivity index (χ1n) is 11.0. The highest BCUT2D eigenvalue weighted by Crippen LogP contribution is 2.30. The van der Waals surface area contributed by atoms with E-state index in [4.69, 9.17) is 11.6 Å². The van der Waals surface area contributed by atoms with Crippen LogP contribution >= 0.6 is 11.6 Å². The minimum Gasteiger partial charge on any atom is -0.349 e. The van der Waals surface area contributed by atoms with Gasteiger partial charge in [-0.3, -0.25) is 9.59 Å². The lowest BCUT2D eigenvalue weighted by molar-refractivity contribution is -0.126. The van der Waals surface area contributed by atoms with Crippen LogP contribution in [0.1, 0.15) is 43.4 Å². The quantitative estimate of drug-likeness (QED) is 0.635. The fourth-order valence-corrected chi connectivity index (χ4v) is 4.10. The van der Waals surface area contributed by atoms with Crippen molar-refractivity contribution in [2.24, 2.45) is 5.41 Å². The molecule has 186 valence electrons. The lowest BCUT2D eigenvalue weighted by Gasteiger charge is -2.30. The third kappa shape index (κ3) is 5.90. The highest BCUT2D eigenvalue weighted by molar-refractivity contribution is 6.30. The van der Waals surface area contributed by atoms with Gasteiger partial charge in [-0.25, -0.2) is 18.2 Å². The molecular formula is C23H29ClF3N5O2. The Morgan fingerprint density at radius 2 is 1.94 bits per heavy atom.